The summed E-state index contributed by atoms with van der Waals surface area (Å²) in [7, 11) is 1.73. The average molecular weight is 346 g/mol. The summed E-state index contributed by atoms with van der Waals surface area (Å²) in [6.45, 7) is 1.04. The van der Waals surface area contributed by atoms with Crippen LogP contribution in [0.25, 0.3) is 10.9 Å². The molecule has 0 saturated carbocycles. The number of benzene rings is 1. The Labute approximate surface area is 150 Å². The number of fused-ring (bicyclic) bond motifs is 1. The van der Waals surface area contributed by atoms with Gasteiger partial charge in [0.2, 0.25) is 0 Å². The normalized spacial score (nSPS) is 11.0. The summed E-state index contributed by atoms with van der Waals surface area (Å²) in [5.74, 6) is -0.150. The van der Waals surface area contributed by atoms with E-state index in [0.29, 0.717) is 18.8 Å². The van der Waals surface area contributed by atoms with Crippen molar-refractivity contribution in [1.82, 2.24) is 29.6 Å². The Morgan fingerprint density at radius 2 is 2.12 bits per heavy atom. The van der Waals surface area contributed by atoms with Crippen LogP contribution in [-0.4, -0.2) is 42.6 Å². The molecule has 7 nitrogen and oxygen atoms in total. The first-order valence-electron chi connectivity index (χ1n) is 8.29. The van der Waals surface area contributed by atoms with Crippen molar-refractivity contribution in [3.63, 3.8) is 0 Å². The summed E-state index contributed by atoms with van der Waals surface area (Å²) >= 11 is 0. The Hall–Kier alpha value is -3.48. The lowest BCUT2D eigenvalue weighted by molar-refractivity contribution is 0.0777. The number of carbonyl (C=O) groups is 1. The predicted molar refractivity (Wildman–Crippen MR) is 97.5 cm³/mol. The topological polar surface area (TPSA) is 79.7 Å². The Bertz CT molecular complexity index is 1040. The summed E-state index contributed by atoms with van der Waals surface area (Å²) in [6, 6.07) is 13.9. The van der Waals surface area contributed by atoms with Crippen molar-refractivity contribution in [3.05, 3.63) is 78.3 Å². The van der Waals surface area contributed by atoms with Crippen molar-refractivity contribution in [2.24, 2.45) is 0 Å². The van der Waals surface area contributed by atoms with E-state index < -0.39 is 0 Å². The van der Waals surface area contributed by atoms with E-state index in [1.54, 1.807) is 30.3 Å². The number of amides is 1. The quantitative estimate of drug-likeness (QED) is 0.602. The van der Waals surface area contributed by atoms with Gasteiger partial charge in [-0.25, -0.2) is 9.97 Å². The van der Waals surface area contributed by atoms with Gasteiger partial charge in [-0.3, -0.25) is 9.89 Å². The highest BCUT2D eigenvalue weighted by Crippen LogP contribution is 2.16. The third-order valence-corrected chi connectivity index (χ3v) is 4.26. The molecule has 7 heteroatoms. The van der Waals surface area contributed by atoms with Crippen molar-refractivity contribution in [2.75, 3.05) is 7.05 Å². The van der Waals surface area contributed by atoms with Crippen LogP contribution in [0, 0.1) is 0 Å². The molecule has 0 aliphatic heterocycles. The minimum absolute atomic E-state index is 0.150. The van der Waals surface area contributed by atoms with Gasteiger partial charge in [0.1, 0.15) is 12.0 Å². The number of rotatable bonds is 5. The lowest BCUT2D eigenvalue weighted by Gasteiger charge is -2.14. The van der Waals surface area contributed by atoms with Crippen LogP contribution in [0.5, 0.6) is 0 Å². The van der Waals surface area contributed by atoms with E-state index in [1.165, 1.54) is 11.7 Å². The zero-order valence-corrected chi connectivity index (χ0v) is 14.3. The molecule has 0 fully saturated rings. The van der Waals surface area contributed by atoms with Crippen LogP contribution in [-0.2, 0) is 13.1 Å². The first-order valence-corrected chi connectivity index (χ1v) is 8.29. The minimum Gasteiger partial charge on any atom is -0.341 e. The molecule has 0 unspecified atom stereocenters. The fourth-order valence-electron chi connectivity index (χ4n) is 2.94. The summed E-state index contributed by atoms with van der Waals surface area (Å²) in [4.78, 5) is 22.2. The Kier molecular flexibility index (Phi) is 4.18. The van der Waals surface area contributed by atoms with Gasteiger partial charge in [0.15, 0.2) is 0 Å². The average Bonchev–Trinajstić information content (AvgIpc) is 3.30. The molecule has 1 aromatic carbocycles. The smallest absolute Gasteiger partial charge is 0.274 e. The zero-order valence-electron chi connectivity index (χ0n) is 14.3. The maximum absolute atomic E-state index is 12.6. The zero-order chi connectivity index (χ0) is 17.9. The maximum atomic E-state index is 12.6. The standard InChI is InChI=1S/C19H18N6O/c1-24(11-15-6-8-20-13-21-15)19(26)17-10-16(22-23-17)12-25-9-7-14-4-2-3-5-18(14)25/h2-10,13H,11-12H2,1H3,(H,22,23). The van der Waals surface area contributed by atoms with Crippen LogP contribution in [0.3, 0.4) is 0 Å². The van der Waals surface area contributed by atoms with Crippen molar-refractivity contribution in [3.8, 4) is 0 Å². The van der Waals surface area contributed by atoms with E-state index >= 15 is 0 Å². The molecule has 0 bridgehead atoms. The third kappa shape index (κ3) is 3.19. The van der Waals surface area contributed by atoms with Gasteiger partial charge in [0.05, 0.1) is 24.5 Å². The molecule has 0 aliphatic rings. The molecule has 0 atom stereocenters. The van der Waals surface area contributed by atoms with E-state index in [2.05, 4.69) is 42.9 Å². The van der Waals surface area contributed by atoms with E-state index in [0.717, 1.165) is 16.9 Å². The molecule has 130 valence electrons. The molecule has 4 rings (SSSR count). The molecule has 0 spiro atoms. The molecular formula is C19H18N6O. The summed E-state index contributed by atoms with van der Waals surface area (Å²) in [5, 5.41) is 8.33. The first kappa shape index (κ1) is 16.0. The Morgan fingerprint density at radius 1 is 1.23 bits per heavy atom. The van der Waals surface area contributed by atoms with Gasteiger partial charge in [0, 0.05) is 25.0 Å². The van der Waals surface area contributed by atoms with Gasteiger partial charge in [-0.05, 0) is 29.7 Å². The first-order chi connectivity index (χ1) is 12.7. The van der Waals surface area contributed by atoms with Gasteiger partial charge in [-0.15, -0.1) is 0 Å². The molecule has 3 heterocycles. The number of hydrogen-bond acceptors (Lipinski definition) is 4. The largest absolute Gasteiger partial charge is 0.341 e. The van der Waals surface area contributed by atoms with E-state index in [1.807, 2.05) is 18.3 Å². The van der Waals surface area contributed by atoms with Gasteiger partial charge in [-0.1, -0.05) is 18.2 Å². The van der Waals surface area contributed by atoms with Crippen LogP contribution in [0.1, 0.15) is 21.9 Å². The highest BCUT2D eigenvalue weighted by Gasteiger charge is 2.16. The summed E-state index contributed by atoms with van der Waals surface area (Å²) in [5.41, 5.74) is 3.21. The molecule has 0 aliphatic carbocycles. The van der Waals surface area contributed by atoms with Gasteiger partial charge in [-0.2, -0.15) is 5.10 Å². The number of nitrogens with one attached hydrogen (secondary N) is 1. The fourth-order valence-corrected chi connectivity index (χ4v) is 2.94. The van der Waals surface area contributed by atoms with Gasteiger partial charge in [0.25, 0.3) is 5.91 Å². The van der Waals surface area contributed by atoms with E-state index in [4.69, 9.17) is 0 Å². The molecule has 1 N–H and O–H groups in total. The molecule has 0 saturated heterocycles. The SMILES string of the molecule is CN(Cc1ccncn1)C(=O)c1cc(Cn2ccc3ccccc32)[nH]n1. The number of hydrogen-bond donors (Lipinski definition) is 1. The number of nitrogens with zero attached hydrogens (tertiary/aromatic N) is 5. The van der Waals surface area contributed by atoms with Gasteiger partial charge < -0.3 is 9.47 Å². The molecule has 1 amide bonds. The monoisotopic (exact) mass is 346 g/mol. The Balaban J connectivity index is 1.48. The predicted octanol–water partition coefficient (Wildman–Crippen LogP) is 2.47. The molecule has 0 radical (unpaired) electrons. The van der Waals surface area contributed by atoms with Crippen LogP contribution >= 0.6 is 0 Å². The summed E-state index contributed by atoms with van der Waals surface area (Å²) < 4.78 is 2.13. The highest BCUT2D eigenvalue weighted by atomic mass is 16.2. The second-order valence-corrected chi connectivity index (χ2v) is 6.14. The second-order valence-electron chi connectivity index (χ2n) is 6.14. The van der Waals surface area contributed by atoms with Crippen molar-refractivity contribution in [1.29, 1.82) is 0 Å². The molecule has 3 aromatic heterocycles. The van der Waals surface area contributed by atoms with Crippen LogP contribution < -0.4 is 0 Å². The third-order valence-electron chi connectivity index (χ3n) is 4.26. The number of H-pyrrole nitrogens is 1. The lowest BCUT2D eigenvalue weighted by atomic mass is 10.2. The second kappa shape index (κ2) is 6.79. The molecular weight excluding hydrogens is 328 g/mol. The van der Waals surface area contributed by atoms with Gasteiger partial charge >= 0.3 is 0 Å². The van der Waals surface area contributed by atoms with Crippen LogP contribution in [0.4, 0.5) is 0 Å². The number of aromatic nitrogens is 5. The van der Waals surface area contributed by atoms with E-state index in [9.17, 15) is 4.79 Å². The highest BCUT2D eigenvalue weighted by molar-refractivity contribution is 5.92. The van der Waals surface area contributed by atoms with Crippen LogP contribution in [0.2, 0.25) is 0 Å². The fraction of sp³-hybridized carbons (Fsp3) is 0.158. The van der Waals surface area contributed by atoms with E-state index in [-0.39, 0.29) is 5.91 Å². The number of para-hydroxylation sites is 1. The molecule has 4 aromatic rings. The lowest BCUT2D eigenvalue weighted by Crippen LogP contribution is -2.26. The number of aromatic amines is 1. The summed E-state index contributed by atoms with van der Waals surface area (Å²) in [6.07, 6.45) is 5.17. The van der Waals surface area contributed by atoms with Crippen molar-refractivity contribution in [2.45, 2.75) is 13.1 Å². The van der Waals surface area contributed by atoms with Crippen LogP contribution in [0.15, 0.2) is 61.2 Å². The van der Waals surface area contributed by atoms with Crippen molar-refractivity contribution >= 4 is 16.8 Å². The number of carbonyl (C=O) groups excluding carboxylic acids is 1. The maximum Gasteiger partial charge on any atom is 0.274 e. The van der Waals surface area contributed by atoms with Crippen molar-refractivity contribution < 1.29 is 4.79 Å². The minimum atomic E-state index is -0.150. The Morgan fingerprint density at radius 3 is 2.96 bits per heavy atom. The molecule has 26 heavy (non-hydrogen) atoms.